The number of carbonyl (C=O) groups excluding carboxylic acids is 1. The first-order chi connectivity index (χ1) is 12.7. The molecule has 0 N–H and O–H groups in total. The molecule has 1 saturated heterocycles. The van der Waals surface area contributed by atoms with E-state index >= 15 is 0 Å². The largest absolute Gasteiger partial charge is 0.462 e. The lowest BCUT2D eigenvalue weighted by atomic mass is 10.1. The normalized spacial score (nSPS) is 14.7. The summed E-state index contributed by atoms with van der Waals surface area (Å²) in [5, 5.41) is 1.93. The van der Waals surface area contributed by atoms with Crippen molar-refractivity contribution in [1.82, 2.24) is 0 Å². The van der Waals surface area contributed by atoms with E-state index in [4.69, 9.17) is 9.15 Å². The van der Waals surface area contributed by atoms with Crippen molar-refractivity contribution in [2.75, 3.05) is 24.6 Å². The monoisotopic (exact) mass is 389 g/mol. The van der Waals surface area contributed by atoms with Crippen LogP contribution in [0.3, 0.4) is 0 Å². The molecule has 4 heterocycles. The van der Waals surface area contributed by atoms with Crippen molar-refractivity contribution in [2.24, 2.45) is 0 Å². The quantitative estimate of drug-likeness (QED) is 0.603. The van der Waals surface area contributed by atoms with Gasteiger partial charge in [0.05, 0.1) is 6.61 Å². The summed E-state index contributed by atoms with van der Waals surface area (Å²) in [4.78, 5) is 28.1. The third-order valence-corrected chi connectivity index (χ3v) is 6.52. The fourth-order valence-corrected chi connectivity index (χ4v) is 5.06. The summed E-state index contributed by atoms with van der Waals surface area (Å²) >= 11 is 2.74. The summed E-state index contributed by atoms with van der Waals surface area (Å²) in [6, 6.07) is 5.24. The van der Waals surface area contributed by atoms with E-state index in [2.05, 4.69) is 4.90 Å². The van der Waals surface area contributed by atoms with Crippen LogP contribution < -0.4 is 10.3 Å². The van der Waals surface area contributed by atoms with Crippen LogP contribution >= 0.6 is 22.7 Å². The van der Waals surface area contributed by atoms with Gasteiger partial charge in [-0.3, -0.25) is 4.79 Å². The van der Waals surface area contributed by atoms with Crippen LogP contribution in [0.15, 0.2) is 32.8 Å². The van der Waals surface area contributed by atoms with E-state index in [0.717, 1.165) is 36.4 Å². The summed E-state index contributed by atoms with van der Waals surface area (Å²) in [6.45, 7) is 3.97. The Bertz CT molecular complexity index is 995. The van der Waals surface area contributed by atoms with Crippen LogP contribution in [0.5, 0.6) is 0 Å². The van der Waals surface area contributed by atoms with Crippen molar-refractivity contribution in [3.05, 3.63) is 38.7 Å². The van der Waals surface area contributed by atoms with Crippen molar-refractivity contribution < 1.29 is 13.9 Å². The van der Waals surface area contributed by atoms with Gasteiger partial charge in [-0.15, -0.1) is 22.7 Å². The van der Waals surface area contributed by atoms with Gasteiger partial charge in [0, 0.05) is 35.0 Å². The van der Waals surface area contributed by atoms with Crippen LogP contribution in [0.25, 0.3) is 20.7 Å². The van der Waals surface area contributed by atoms with E-state index in [1.807, 2.05) is 11.4 Å². The van der Waals surface area contributed by atoms with Gasteiger partial charge in [0.25, 0.3) is 0 Å². The highest BCUT2D eigenvalue weighted by atomic mass is 32.1. The van der Waals surface area contributed by atoms with Crippen LogP contribution in [-0.2, 0) is 4.74 Å². The summed E-state index contributed by atoms with van der Waals surface area (Å²) in [5.41, 5.74) is 1.46. The zero-order chi connectivity index (χ0) is 18.1. The number of hydrogen-bond donors (Lipinski definition) is 0. The number of nitrogens with zero attached hydrogens (tertiary/aromatic N) is 1. The number of anilines is 1. The number of thiophene rings is 2. The predicted molar refractivity (Wildman–Crippen MR) is 106 cm³/mol. The zero-order valence-electron chi connectivity index (χ0n) is 14.4. The highest BCUT2D eigenvalue weighted by molar-refractivity contribution is 7.20. The molecule has 0 unspecified atom stereocenters. The maximum atomic E-state index is 12.5. The molecule has 0 amide bonds. The van der Waals surface area contributed by atoms with Gasteiger partial charge < -0.3 is 14.1 Å². The molecule has 0 saturated carbocycles. The van der Waals surface area contributed by atoms with Crippen LogP contribution in [0, 0.1) is 0 Å². The van der Waals surface area contributed by atoms with Gasteiger partial charge in [0.2, 0.25) is 5.43 Å². The number of fused-ring (bicyclic) bond motifs is 1. The van der Waals surface area contributed by atoms with Gasteiger partial charge in [-0.1, -0.05) is 0 Å². The minimum absolute atomic E-state index is 0.00903. The molecule has 4 rings (SSSR count). The van der Waals surface area contributed by atoms with E-state index in [1.165, 1.54) is 29.1 Å². The molecule has 1 aliphatic rings. The number of ether oxygens (including phenoxy) is 1. The number of carbonyl (C=O) groups is 1. The van der Waals surface area contributed by atoms with Gasteiger partial charge >= 0.3 is 5.97 Å². The number of piperidine rings is 1. The molecule has 3 aromatic rings. The van der Waals surface area contributed by atoms with E-state index in [9.17, 15) is 9.59 Å². The lowest BCUT2D eigenvalue weighted by molar-refractivity contribution is 0.0532. The Kier molecular flexibility index (Phi) is 4.82. The molecule has 5 nitrogen and oxygen atoms in total. The Hall–Kier alpha value is -2.12. The highest BCUT2D eigenvalue weighted by Gasteiger charge is 2.20. The van der Waals surface area contributed by atoms with E-state index in [1.54, 1.807) is 19.1 Å². The smallest absolute Gasteiger partial charge is 0.348 e. The molecule has 26 heavy (non-hydrogen) atoms. The first-order valence-electron chi connectivity index (χ1n) is 8.75. The Morgan fingerprint density at radius 3 is 2.85 bits per heavy atom. The zero-order valence-corrected chi connectivity index (χ0v) is 16.1. The Labute approximate surface area is 158 Å². The minimum Gasteiger partial charge on any atom is -0.462 e. The summed E-state index contributed by atoms with van der Waals surface area (Å²) in [6.07, 6.45) is 3.46. The summed E-state index contributed by atoms with van der Waals surface area (Å²) in [5.74, 6) is 0.322. The van der Waals surface area contributed by atoms with Gasteiger partial charge in [0.1, 0.15) is 9.58 Å². The first kappa shape index (κ1) is 17.3. The molecule has 7 heteroatoms. The fourth-order valence-electron chi connectivity index (χ4n) is 3.16. The van der Waals surface area contributed by atoms with Crippen molar-refractivity contribution in [3.8, 4) is 10.4 Å². The molecular weight excluding hydrogens is 370 g/mol. The molecule has 1 fully saturated rings. The second-order valence-corrected chi connectivity index (χ2v) is 8.15. The maximum absolute atomic E-state index is 12.5. The summed E-state index contributed by atoms with van der Waals surface area (Å²) in [7, 11) is 0. The number of rotatable bonds is 4. The van der Waals surface area contributed by atoms with Crippen molar-refractivity contribution >= 4 is 44.8 Å². The Morgan fingerprint density at radius 1 is 1.27 bits per heavy atom. The van der Waals surface area contributed by atoms with Gasteiger partial charge in [-0.2, -0.15) is 0 Å². The number of esters is 1. The third kappa shape index (κ3) is 3.17. The molecule has 3 aromatic heterocycles. The summed E-state index contributed by atoms with van der Waals surface area (Å²) < 4.78 is 11.8. The highest BCUT2D eigenvalue weighted by Crippen LogP contribution is 2.38. The van der Waals surface area contributed by atoms with E-state index in [-0.39, 0.29) is 11.4 Å². The van der Waals surface area contributed by atoms with Crippen LogP contribution in [0.2, 0.25) is 0 Å². The Morgan fingerprint density at radius 2 is 2.08 bits per heavy atom. The molecule has 0 aromatic carbocycles. The molecule has 0 atom stereocenters. The standard InChI is InChI=1S/C19H19NO4S2/c1-2-23-19(22)15-7-6-14(26-15)12-11-25-18-13(21)10-16(24-17(12)18)20-8-4-3-5-9-20/h6-7,10-11H,2-5,8-9H2,1H3. The van der Waals surface area contributed by atoms with Crippen LogP contribution in [0.1, 0.15) is 35.9 Å². The van der Waals surface area contributed by atoms with Gasteiger partial charge in [-0.25, -0.2) is 4.79 Å². The van der Waals surface area contributed by atoms with Crippen molar-refractivity contribution in [3.63, 3.8) is 0 Å². The lowest BCUT2D eigenvalue weighted by Crippen LogP contribution is -2.29. The minimum atomic E-state index is -0.321. The predicted octanol–water partition coefficient (Wildman–Crippen LogP) is 4.75. The van der Waals surface area contributed by atoms with Crippen LogP contribution in [0.4, 0.5) is 5.88 Å². The SMILES string of the molecule is CCOC(=O)c1ccc(-c2csc3c(=O)cc(N4CCCCC4)oc23)s1. The molecule has 0 radical (unpaired) electrons. The van der Waals surface area contributed by atoms with Gasteiger partial charge in [0.15, 0.2) is 11.5 Å². The molecule has 0 spiro atoms. The molecule has 0 aliphatic carbocycles. The number of hydrogen-bond acceptors (Lipinski definition) is 7. The second kappa shape index (κ2) is 7.25. The molecule has 1 aliphatic heterocycles. The van der Waals surface area contributed by atoms with Crippen molar-refractivity contribution in [2.45, 2.75) is 26.2 Å². The molecular formula is C19H19NO4S2. The van der Waals surface area contributed by atoms with E-state index in [0.29, 0.717) is 27.7 Å². The third-order valence-electron chi connectivity index (χ3n) is 4.45. The Balaban J connectivity index is 1.75. The lowest BCUT2D eigenvalue weighted by Gasteiger charge is -2.26. The topological polar surface area (TPSA) is 59.8 Å². The van der Waals surface area contributed by atoms with Crippen LogP contribution in [-0.4, -0.2) is 25.7 Å². The van der Waals surface area contributed by atoms with E-state index < -0.39 is 0 Å². The average molecular weight is 389 g/mol. The second-order valence-electron chi connectivity index (χ2n) is 6.19. The molecule has 0 bridgehead atoms. The average Bonchev–Trinajstić information content (AvgIpc) is 3.29. The maximum Gasteiger partial charge on any atom is 0.348 e. The fraction of sp³-hybridized carbons (Fsp3) is 0.368. The van der Waals surface area contributed by atoms with Gasteiger partial charge in [-0.05, 0) is 38.3 Å². The first-order valence-corrected chi connectivity index (χ1v) is 10.4. The molecule has 136 valence electrons. The van der Waals surface area contributed by atoms with Crippen molar-refractivity contribution in [1.29, 1.82) is 0 Å².